The molecule has 0 saturated heterocycles. The van der Waals surface area contributed by atoms with Gasteiger partial charge in [-0.25, -0.2) is 15.0 Å². The molecule has 1 aromatic carbocycles. The number of nitrogens with zero attached hydrogens (tertiary/aromatic N) is 6. The molecule has 0 fully saturated rings. The number of allylic oxidation sites excluding steroid dienone is 1. The smallest absolute Gasteiger partial charge is 0.239 e. The van der Waals surface area contributed by atoms with Gasteiger partial charge < -0.3 is 14.2 Å². The molecule has 184 valence electrons. The minimum Gasteiger partial charge on any atom is -0.495 e. The van der Waals surface area contributed by atoms with Gasteiger partial charge in [-0.2, -0.15) is 0 Å². The third kappa shape index (κ3) is 7.14. The Balaban J connectivity index is 1.88. The van der Waals surface area contributed by atoms with E-state index in [1.54, 1.807) is 45.1 Å². The predicted octanol–water partition coefficient (Wildman–Crippen LogP) is 4.51. The van der Waals surface area contributed by atoms with Crippen molar-refractivity contribution in [2.45, 2.75) is 25.2 Å². The Hall–Kier alpha value is -3.70. The number of rotatable bonds is 12. The molecule has 10 nitrogen and oxygen atoms in total. The van der Waals surface area contributed by atoms with Crippen LogP contribution < -0.4 is 4.72 Å². The van der Waals surface area contributed by atoms with Crippen LogP contribution in [0.1, 0.15) is 24.4 Å². The third-order valence-corrected chi connectivity index (χ3v) is 5.70. The molecule has 2 unspecified atom stereocenters. The fourth-order valence-corrected chi connectivity index (χ4v) is 3.82. The lowest BCUT2D eigenvalue weighted by Crippen LogP contribution is -2.19. The van der Waals surface area contributed by atoms with Crippen LogP contribution >= 0.6 is 11.9 Å². The maximum Gasteiger partial charge on any atom is 0.239 e. The van der Waals surface area contributed by atoms with E-state index in [4.69, 9.17) is 14.2 Å². The van der Waals surface area contributed by atoms with Crippen molar-refractivity contribution in [2.24, 2.45) is 4.99 Å². The molecule has 0 spiro atoms. The van der Waals surface area contributed by atoms with Crippen molar-refractivity contribution in [1.29, 1.82) is 0 Å². The third-order valence-electron chi connectivity index (χ3n) is 4.78. The maximum absolute atomic E-state index is 5.68. The number of hydrogen-bond donors (Lipinski definition) is 1. The van der Waals surface area contributed by atoms with E-state index < -0.39 is 0 Å². The van der Waals surface area contributed by atoms with Gasteiger partial charge >= 0.3 is 0 Å². The topological polar surface area (TPSA) is 109 Å². The molecule has 0 aliphatic carbocycles. The average molecular weight is 496 g/mol. The molecule has 2 heterocycles. The predicted molar refractivity (Wildman–Crippen MR) is 139 cm³/mol. The molecule has 0 bridgehead atoms. The highest BCUT2D eigenvalue weighted by Gasteiger charge is 2.23. The van der Waals surface area contributed by atoms with E-state index in [-0.39, 0.29) is 11.4 Å². The average Bonchev–Trinajstić information content (AvgIpc) is 3.28. The van der Waals surface area contributed by atoms with Crippen LogP contribution in [0.15, 0.2) is 65.8 Å². The second-order valence-corrected chi connectivity index (χ2v) is 8.51. The largest absolute Gasteiger partial charge is 0.495 e. The summed E-state index contributed by atoms with van der Waals surface area (Å²) in [6.45, 7) is 3.98. The van der Waals surface area contributed by atoms with Gasteiger partial charge in [-0.15, -0.1) is 10.2 Å². The van der Waals surface area contributed by atoms with E-state index in [9.17, 15) is 0 Å². The van der Waals surface area contributed by atoms with Gasteiger partial charge in [0.15, 0.2) is 18.0 Å². The van der Waals surface area contributed by atoms with Crippen LogP contribution in [-0.2, 0) is 14.2 Å². The molecule has 2 aromatic heterocycles. The Morgan fingerprint density at radius 2 is 1.86 bits per heavy atom. The summed E-state index contributed by atoms with van der Waals surface area (Å²) in [5.41, 5.74) is 1.90. The van der Waals surface area contributed by atoms with Crippen LogP contribution in [0.2, 0.25) is 0 Å². The fraction of sp³-hybridized carbons (Fsp3) is 0.292. The zero-order chi connectivity index (χ0) is 25.0. The van der Waals surface area contributed by atoms with Gasteiger partial charge in [-0.3, -0.25) is 9.29 Å². The molecule has 35 heavy (non-hydrogen) atoms. The Kier molecular flexibility index (Phi) is 9.81. The zero-order valence-corrected chi connectivity index (χ0v) is 21.1. The number of methoxy groups -OCH3 is 3. The van der Waals surface area contributed by atoms with Crippen LogP contribution in [0.25, 0.3) is 17.6 Å². The van der Waals surface area contributed by atoms with Crippen molar-refractivity contribution < 1.29 is 14.2 Å². The summed E-state index contributed by atoms with van der Waals surface area (Å²) in [4.78, 5) is 12.8. The Morgan fingerprint density at radius 1 is 1.11 bits per heavy atom. The summed E-state index contributed by atoms with van der Waals surface area (Å²) >= 11 is 1.44. The second kappa shape index (κ2) is 13.3. The number of benzene rings is 1. The van der Waals surface area contributed by atoms with Crippen LogP contribution in [0.5, 0.6) is 0 Å². The summed E-state index contributed by atoms with van der Waals surface area (Å²) in [6.07, 6.45) is 9.63. The number of aromatic nitrogens is 5. The van der Waals surface area contributed by atoms with Crippen LogP contribution in [0, 0.1) is 6.92 Å². The van der Waals surface area contributed by atoms with E-state index in [0.29, 0.717) is 23.4 Å². The quantitative estimate of drug-likeness (QED) is 0.128. The molecule has 1 N–H and O–H groups in total. The minimum absolute atomic E-state index is 0.0396. The van der Waals surface area contributed by atoms with Crippen molar-refractivity contribution in [3.63, 3.8) is 0 Å². The lowest BCUT2D eigenvalue weighted by Gasteiger charge is -2.21. The Bertz CT molecular complexity index is 1150. The highest BCUT2D eigenvalue weighted by Crippen LogP contribution is 2.29. The normalized spacial score (nSPS) is 13.8. The summed E-state index contributed by atoms with van der Waals surface area (Å²) in [5, 5.41) is 8.73. The SMILES string of the molecule is COC=N/C=C\C(=C\n1c(NSC(C)C(OC)c2ncc(C)cn2)nnc1-c1ccccc1)OC. The second-order valence-electron chi connectivity index (χ2n) is 7.32. The molecule has 3 rings (SSSR count). The lowest BCUT2D eigenvalue weighted by atomic mass is 10.2. The summed E-state index contributed by atoms with van der Waals surface area (Å²) < 4.78 is 21.1. The minimum atomic E-state index is -0.315. The van der Waals surface area contributed by atoms with E-state index in [1.807, 2.05) is 48.7 Å². The zero-order valence-electron chi connectivity index (χ0n) is 20.3. The molecule has 3 aromatic rings. The van der Waals surface area contributed by atoms with Gasteiger partial charge in [-0.05, 0) is 31.4 Å². The van der Waals surface area contributed by atoms with E-state index in [2.05, 4.69) is 29.9 Å². The molecular formula is C24H29N7O3S. The Morgan fingerprint density at radius 3 is 2.51 bits per heavy atom. The van der Waals surface area contributed by atoms with Crippen LogP contribution in [0.4, 0.5) is 5.95 Å². The highest BCUT2D eigenvalue weighted by atomic mass is 32.2. The number of aliphatic imine (C=N–C) groups is 1. The molecule has 0 aliphatic heterocycles. The number of nitrogens with one attached hydrogen (secondary N) is 1. The van der Waals surface area contributed by atoms with Crippen molar-refractivity contribution in [3.8, 4) is 11.4 Å². The van der Waals surface area contributed by atoms with E-state index in [0.717, 1.165) is 11.1 Å². The lowest BCUT2D eigenvalue weighted by molar-refractivity contribution is 0.0972. The summed E-state index contributed by atoms with van der Waals surface area (Å²) in [5.74, 6) is 2.33. The number of hydrogen-bond acceptors (Lipinski definition) is 10. The van der Waals surface area contributed by atoms with Gasteiger partial charge in [0.05, 0.1) is 25.7 Å². The van der Waals surface area contributed by atoms with Gasteiger partial charge in [0.25, 0.3) is 0 Å². The van der Waals surface area contributed by atoms with Gasteiger partial charge in [0.1, 0.15) is 11.9 Å². The first-order chi connectivity index (χ1) is 17.1. The van der Waals surface area contributed by atoms with Gasteiger partial charge in [0, 0.05) is 37.3 Å². The van der Waals surface area contributed by atoms with Crippen molar-refractivity contribution in [2.75, 3.05) is 26.1 Å². The Labute approximate surface area is 209 Å². The molecule has 0 amide bonds. The fourth-order valence-electron chi connectivity index (χ4n) is 3.03. The van der Waals surface area contributed by atoms with Gasteiger partial charge in [-0.1, -0.05) is 30.3 Å². The molecule has 0 saturated carbocycles. The van der Waals surface area contributed by atoms with Crippen molar-refractivity contribution in [1.82, 2.24) is 24.7 Å². The van der Waals surface area contributed by atoms with Gasteiger partial charge in [0.2, 0.25) is 5.95 Å². The first kappa shape index (κ1) is 25.9. The standard InChI is InChI=1S/C24H29N7O3S/c1-17-13-26-22(27-14-17)21(34-5)18(2)35-30-24-29-28-23(19-9-7-6-8-10-19)31(24)15-20(33-4)11-12-25-16-32-3/h6-16,18,21H,1-5H3,(H,29,30)/b12-11-,20-15-,25-16?. The number of aryl methyl sites for hydroxylation is 1. The first-order valence-electron chi connectivity index (χ1n) is 10.8. The molecular weight excluding hydrogens is 466 g/mol. The van der Waals surface area contributed by atoms with Crippen molar-refractivity contribution in [3.05, 3.63) is 72.1 Å². The van der Waals surface area contributed by atoms with Crippen LogP contribution in [0.3, 0.4) is 0 Å². The van der Waals surface area contributed by atoms with E-state index in [1.165, 1.54) is 25.5 Å². The molecule has 11 heteroatoms. The highest BCUT2D eigenvalue weighted by molar-refractivity contribution is 8.01. The number of anilines is 1. The monoisotopic (exact) mass is 495 g/mol. The van der Waals surface area contributed by atoms with Crippen molar-refractivity contribution >= 4 is 30.5 Å². The molecule has 0 radical (unpaired) electrons. The summed E-state index contributed by atoms with van der Waals surface area (Å²) in [7, 11) is 4.76. The van der Waals surface area contributed by atoms with E-state index >= 15 is 0 Å². The molecule has 0 aliphatic rings. The first-order valence-corrected chi connectivity index (χ1v) is 11.7. The molecule has 2 atom stereocenters. The summed E-state index contributed by atoms with van der Waals surface area (Å²) in [6, 6.07) is 9.78. The van der Waals surface area contributed by atoms with Crippen LogP contribution in [-0.4, -0.2) is 57.7 Å². The number of ether oxygens (including phenoxy) is 3. The maximum atomic E-state index is 5.68.